The molecular weight excluding hydrogens is 260 g/mol. The predicted molar refractivity (Wildman–Crippen MR) is 86.2 cm³/mol. The Hall–Kier alpha value is -2.16. The normalized spacial score (nSPS) is 12.0. The van der Waals surface area contributed by atoms with Gasteiger partial charge in [0.05, 0.1) is 5.56 Å². The van der Waals surface area contributed by atoms with Gasteiger partial charge < -0.3 is 5.32 Å². The van der Waals surface area contributed by atoms with Crippen LogP contribution >= 0.6 is 0 Å². The third-order valence-corrected chi connectivity index (χ3v) is 3.69. The van der Waals surface area contributed by atoms with Gasteiger partial charge in [0.25, 0.3) is 5.91 Å². The summed E-state index contributed by atoms with van der Waals surface area (Å²) in [6.07, 6.45) is 4.46. The predicted octanol–water partition coefficient (Wildman–Crippen LogP) is 3.83. The molecule has 0 aliphatic rings. The van der Waals surface area contributed by atoms with Crippen molar-refractivity contribution in [1.29, 1.82) is 0 Å². The smallest absolute Gasteiger partial charge is 0.252 e. The van der Waals surface area contributed by atoms with E-state index >= 15 is 0 Å². The Morgan fingerprint density at radius 1 is 1.19 bits per heavy atom. The van der Waals surface area contributed by atoms with Gasteiger partial charge in [-0.25, -0.2) is 0 Å². The monoisotopic (exact) mass is 282 g/mol. The van der Waals surface area contributed by atoms with Crippen molar-refractivity contribution in [3.8, 4) is 11.1 Å². The molecule has 0 radical (unpaired) electrons. The molecule has 1 N–H and O–H groups in total. The van der Waals surface area contributed by atoms with E-state index in [1.165, 1.54) is 5.56 Å². The summed E-state index contributed by atoms with van der Waals surface area (Å²) in [5.41, 5.74) is 3.86. The molecule has 1 amide bonds. The minimum absolute atomic E-state index is 0.0586. The lowest BCUT2D eigenvalue weighted by Crippen LogP contribution is -2.28. The second kappa shape index (κ2) is 7.02. The van der Waals surface area contributed by atoms with Crippen LogP contribution in [0.3, 0.4) is 0 Å². The molecule has 1 atom stereocenters. The number of pyridine rings is 1. The summed E-state index contributed by atoms with van der Waals surface area (Å²) < 4.78 is 0. The van der Waals surface area contributed by atoms with Crippen molar-refractivity contribution < 1.29 is 4.79 Å². The van der Waals surface area contributed by atoms with Gasteiger partial charge in [-0.05, 0) is 24.5 Å². The van der Waals surface area contributed by atoms with Crippen molar-refractivity contribution >= 4 is 5.91 Å². The number of amides is 1. The Morgan fingerprint density at radius 3 is 2.57 bits per heavy atom. The summed E-state index contributed by atoms with van der Waals surface area (Å²) in [4.78, 5) is 16.3. The number of aromatic nitrogens is 1. The Balaban J connectivity index is 2.14. The lowest BCUT2D eigenvalue weighted by molar-refractivity contribution is 0.0947. The first-order valence-corrected chi connectivity index (χ1v) is 7.40. The molecule has 2 rings (SSSR count). The number of carbonyl (C=O) groups is 1. The first kappa shape index (κ1) is 15.2. The van der Waals surface area contributed by atoms with E-state index in [0.717, 1.165) is 17.5 Å². The zero-order valence-electron chi connectivity index (χ0n) is 12.9. The highest BCUT2D eigenvalue weighted by Crippen LogP contribution is 2.19. The quantitative estimate of drug-likeness (QED) is 0.905. The van der Waals surface area contributed by atoms with E-state index in [9.17, 15) is 4.79 Å². The Morgan fingerprint density at radius 2 is 1.90 bits per heavy atom. The maximum atomic E-state index is 12.2. The van der Waals surface area contributed by atoms with Gasteiger partial charge in [-0.2, -0.15) is 0 Å². The molecule has 1 aromatic carbocycles. The summed E-state index contributed by atoms with van der Waals surface area (Å²) in [7, 11) is 0. The molecule has 110 valence electrons. The van der Waals surface area contributed by atoms with Gasteiger partial charge in [0.15, 0.2) is 0 Å². The van der Waals surface area contributed by atoms with E-state index in [0.29, 0.717) is 18.0 Å². The summed E-state index contributed by atoms with van der Waals surface area (Å²) in [5, 5.41) is 2.96. The van der Waals surface area contributed by atoms with Crippen LogP contribution in [0.5, 0.6) is 0 Å². The zero-order valence-corrected chi connectivity index (χ0v) is 12.9. The number of carbonyl (C=O) groups excluding carboxylic acids is 1. The molecule has 0 saturated carbocycles. The summed E-state index contributed by atoms with van der Waals surface area (Å²) >= 11 is 0. The summed E-state index contributed by atoms with van der Waals surface area (Å²) in [6.45, 7) is 7.00. The van der Waals surface area contributed by atoms with E-state index < -0.39 is 0 Å². The van der Waals surface area contributed by atoms with Crippen LogP contribution in [-0.2, 0) is 0 Å². The van der Waals surface area contributed by atoms with E-state index in [2.05, 4.69) is 43.2 Å². The number of rotatable bonds is 5. The van der Waals surface area contributed by atoms with Gasteiger partial charge in [-0.3, -0.25) is 9.78 Å². The average Bonchev–Trinajstić information content (AvgIpc) is 2.53. The molecule has 2 aromatic rings. The van der Waals surface area contributed by atoms with Crippen LogP contribution in [0.4, 0.5) is 0 Å². The molecule has 0 fully saturated rings. The number of aryl methyl sites for hydroxylation is 1. The molecule has 0 bridgehead atoms. The number of nitrogens with one attached hydrogen (secondary N) is 1. The van der Waals surface area contributed by atoms with Gasteiger partial charge in [0.2, 0.25) is 0 Å². The molecule has 3 heteroatoms. The largest absolute Gasteiger partial charge is 0.352 e. The molecule has 0 aliphatic heterocycles. The fraction of sp³-hybridized carbons (Fsp3) is 0.333. The second-order valence-electron chi connectivity index (χ2n) is 5.55. The fourth-order valence-electron chi connectivity index (χ4n) is 1.98. The number of benzene rings is 1. The van der Waals surface area contributed by atoms with Crippen LogP contribution in [0.2, 0.25) is 0 Å². The highest BCUT2D eigenvalue weighted by molar-refractivity contribution is 5.95. The van der Waals surface area contributed by atoms with Crippen LogP contribution in [0.15, 0.2) is 42.7 Å². The maximum Gasteiger partial charge on any atom is 0.252 e. The topological polar surface area (TPSA) is 42.0 Å². The standard InChI is InChI=1S/C18H22N2O/c1-4-13(2)10-20-18(21)17-9-16(11-19-12-17)15-7-5-14(3)6-8-15/h5-9,11-13H,4,10H2,1-3H3,(H,20,21). The van der Waals surface area contributed by atoms with E-state index in [-0.39, 0.29) is 5.91 Å². The number of hydrogen-bond acceptors (Lipinski definition) is 2. The van der Waals surface area contributed by atoms with Crippen molar-refractivity contribution in [2.75, 3.05) is 6.54 Å². The maximum absolute atomic E-state index is 12.2. The molecule has 3 nitrogen and oxygen atoms in total. The molecule has 0 saturated heterocycles. The first-order valence-electron chi connectivity index (χ1n) is 7.40. The third-order valence-electron chi connectivity index (χ3n) is 3.69. The molecule has 1 heterocycles. The minimum Gasteiger partial charge on any atom is -0.352 e. The highest BCUT2D eigenvalue weighted by atomic mass is 16.1. The minimum atomic E-state index is -0.0586. The summed E-state index contributed by atoms with van der Waals surface area (Å²) in [6, 6.07) is 10.1. The molecule has 1 unspecified atom stereocenters. The van der Waals surface area contributed by atoms with Crippen molar-refractivity contribution in [1.82, 2.24) is 10.3 Å². The molecular formula is C18H22N2O. The van der Waals surface area contributed by atoms with Gasteiger partial charge in [0.1, 0.15) is 0 Å². The van der Waals surface area contributed by atoms with E-state index in [4.69, 9.17) is 0 Å². The van der Waals surface area contributed by atoms with Gasteiger partial charge in [-0.1, -0.05) is 50.1 Å². The van der Waals surface area contributed by atoms with E-state index in [1.807, 2.05) is 18.2 Å². The van der Waals surface area contributed by atoms with Crippen molar-refractivity contribution in [2.24, 2.45) is 5.92 Å². The SMILES string of the molecule is CCC(C)CNC(=O)c1cncc(-c2ccc(C)cc2)c1. The second-order valence-corrected chi connectivity index (χ2v) is 5.55. The van der Waals surface area contributed by atoms with Gasteiger partial charge >= 0.3 is 0 Å². The van der Waals surface area contributed by atoms with E-state index in [1.54, 1.807) is 12.4 Å². The van der Waals surface area contributed by atoms with Crippen LogP contribution in [0, 0.1) is 12.8 Å². The third kappa shape index (κ3) is 4.15. The summed E-state index contributed by atoms with van der Waals surface area (Å²) in [5.74, 6) is 0.430. The Kier molecular flexibility index (Phi) is 5.09. The van der Waals surface area contributed by atoms with Crippen LogP contribution in [0.25, 0.3) is 11.1 Å². The zero-order chi connectivity index (χ0) is 15.2. The van der Waals surface area contributed by atoms with Crippen LogP contribution in [-0.4, -0.2) is 17.4 Å². The average molecular weight is 282 g/mol. The van der Waals surface area contributed by atoms with Crippen LogP contribution < -0.4 is 5.32 Å². The molecule has 1 aromatic heterocycles. The Bertz CT molecular complexity index is 605. The lowest BCUT2D eigenvalue weighted by Gasteiger charge is -2.10. The number of nitrogens with zero attached hydrogens (tertiary/aromatic N) is 1. The van der Waals surface area contributed by atoms with Crippen LogP contribution in [0.1, 0.15) is 36.2 Å². The number of hydrogen-bond donors (Lipinski definition) is 1. The first-order chi connectivity index (χ1) is 10.1. The van der Waals surface area contributed by atoms with Crippen molar-refractivity contribution in [3.63, 3.8) is 0 Å². The van der Waals surface area contributed by atoms with Crippen molar-refractivity contribution in [2.45, 2.75) is 27.2 Å². The van der Waals surface area contributed by atoms with Crippen molar-refractivity contribution in [3.05, 3.63) is 53.9 Å². The molecule has 0 aliphatic carbocycles. The fourth-order valence-corrected chi connectivity index (χ4v) is 1.98. The molecule has 0 spiro atoms. The molecule has 21 heavy (non-hydrogen) atoms. The van der Waals surface area contributed by atoms with Gasteiger partial charge in [0, 0.05) is 24.5 Å². The highest BCUT2D eigenvalue weighted by Gasteiger charge is 2.09. The Labute approximate surface area is 126 Å². The lowest BCUT2D eigenvalue weighted by atomic mass is 10.0. The van der Waals surface area contributed by atoms with Gasteiger partial charge in [-0.15, -0.1) is 0 Å².